The Morgan fingerprint density at radius 1 is 1.38 bits per heavy atom. The van der Waals surface area contributed by atoms with Gasteiger partial charge in [-0.2, -0.15) is 0 Å². The summed E-state index contributed by atoms with van der Waals surface area (Å²) in [4.78, 5) is 14.4. The maximum absolute atomic E-state index is 12.7. The first kappa shape index (κ1) is 15.1. The third kappa shape index (κ3) is 3.44. The zero-order valence-corrected chi connectivity index (χ0v) is 12.3. The minimum Gasteiger partial charge on any atom is -0.497 e. The second-order valence-electron chi connectivity index (χ2n) is 4.73. The summed E-state index contributed by atoms with van der Waals surface area (Å²) >= 11 is 0. The van der Waals surface area contributed by atoms with Gasteiger partial charge in [-0.3, -0.25) is 4.79 Å². The number of carbonyl (C=O) groups is 1. The molecule has 1 aromatic carbocycles. The highest BCUT2D eigenvalue weighted by molar-refractivity contribution is 6.05. The van der Waals surface area contributed by atoms with Crippen molar-refractivity contribution in [3.63, 3.8) is 0 Å². The number of hydrogen-bond acceptors (Lipinski definition) is 4. The normalized spacial score (nSPS) is 10.4. The van der Waals surface area contributed by atoms with Gasteiger partial charge in [-0.15, -0.1) is 0 Å². The van der Waals surface area contributed by atoms with Crippen molar-refractivity contribution in [2.45, 2.75) is 13.3 Å². The van der Waals surface area contributed by atoms with Gasteiger partial charge in [-0.1, -0.05) is 6.07 Å². The highest BCUT2D eigenvalue weighted by Gasteiger charge is 2.22. The van der Waals surface area contributed by atoms with E-state index in [1.165, 1.54) is 6.26 Å². The first-order valence-electron chi connectivity index (χ1n) is 6.87. The number of furan rings is 1. The second kappa shape index (κ2) is 6.95. The number of nitrogens with two attached hydrogens (primary N) is 1. The average molecular weight is 288 g/mol. The summed E-state index contributed by atoms with van der Waals surface area (Å²) in [5, 5.41) is 0. The van der Waals surface area contributed by atoms with Crippen molar-refractivity contribution >= 4 is 11.6 Å². The van der Waals surface area contributed by atoms with E-state index in [9.17, 15) is 4.79 Å². The number of benzene rings is 1. The van der Waals surface area contributed by atoms with E-state index in [1.807, 2.05) is 31.2 Å². The lowest BCUT2D eigenvalue weighted by Gasteiger charge is -2.22. The quantitative estimate of drug-likeness (QED) is 0.887. The number of nitrogens with zero attached hydrogens (tertiary/aromatic N) is 1. The largest absolute Gasteiger partial charge is 0.497 e. The standard InChI is InChI=1S/C16H20N2O3/c1-12-7-10-21-15(12)16(19)18(9-4-8-17)13-5-3-6-14(11-13)20-2/h3,5-7,10-11H,4,8-9,17H2,1-2H3. The fraction of sp³-hybridized carbons (Fsp3) is 0.312. The number of ether oxygens (including phenoxy) is 1. The zero-order chi connectivity index (χ0) is 15.2. The van der Waals surface area contributed by atoms with Crippen LogP contribution in [0.2, 0.25) is 0 Å². The van der Waals surface area contributed by atoms with Crippen LogP contribution in [0, 0.1) is 6.92 Å². The molecule has 5 heteroatoms. The Hall–Kier alpha value is -2.27. The van der Waals surface area contributed by atoms with E-state index in [1.54, 1.807) is 18.1 Å². The van der Waals surface area contributed by atoms with Crippen molar-refractivity contribution in [3.8, 4) is 5.75 Å². The van der Waals surface area contributed by atoms with Crippen LogP contribution in [0.3, 0.4) is 0 Å². The molecule has 0 spiro atoms. The second-order valence-corrected chi connectivity index (χ2v) is 4.73. The summed E-state index contributed by atoms with van der Waals surface area (Å²) in [6, 6.07) is 9.17. The molecule has 0 bridgehead atoms. The van der Waals surface area contributed by atoms with E-state index >= 15 is 0 Å². The van der Waals surface area contributed by atoms with E-state index in [4.69, 9.17) is 14.9 Å². The molecule has 0 aliphatic rings. The lowest BCUT2D eigenvalue weighted by atomic mass is 10.2. The van der Waals surface area contributed by atoms with Crippen LogP contribution in [-0.4, -0.2) is 26.1 Å². The molecule has 1 aromatic heterocycles. The number of rotatable bonds is 6. The minimum absolute atomic E-state index is 0.167. The summed E-state index contributed by atoms with van der Waals surface area (Å²) in [5.74, 6) is 0.892. The monoisotopic (exact) mass is 288 g/mol. The van der Waals surface area contributed by atoms with Gasteiger partial charge in [-0.05, 0) is 38.1 Å². The number of hydrogen-bond donors (Lipinski definition) is 1. The molecule has 0 aliphatic carbocycles. The van der Waals surface area contributed by atoms with Gasteiger partial charge in [0.25, 0.3) is 5.91 Å². The van der Waals surface area contributed by atoms with Crippen molar-refractivity contribution in [3.05, 3.63) is 47.9 Å². The van der Waals surface area contributed by atoms with E-state index in [0.717, 1.165) is 11.3 Å². The van der Waals surface area contributed by atoms with E-state index in [-0.39, 0.29) is 5.91 Å². The van der Waals surface area contributed by atoms with Crippen molar-refractivity contribution < 1.29 is 13.9 Å². The minimum atomic E-state index is -0.167. The molecule has 1 heterocycles. The van der Waals surface area contributed by atoms with Crippen LogP contribution in [0.1, 0.15) is 22.5 Å². The van der Waals surface area contributed by atoms with Gasteiger partial charge in [0.05, 0.1) is 13.4 Å². The molecule has 2 N–H and O–H groups in total. The number of carbonyl (C=O) groups excluding carboxylic acids is 1. The number of amides is 1. The van der Waals surface area contributed by atoms with Crippen molar-refractivity contribution in [2.75, 3.05) is 25.1 Å². The molecule has 0 aliphatic heterocycles. The SMILES string of the molecule is COc1cccc(N(CCCN)C(=O)c2occc2C)c1. The Kier molecular flexibility index (Phi) is 5.00. The highest BCUT2D eigenvalue weighted by atomic mass is 16.5. The van der Waals surface area contributed by atoms with Gasteiger partial charge in [0, 0.05) is 23.9 Å². The Morgan fingerprint density at radius 2 is 2.19 bits per heavy atom. The van der Waals surface area contributed by atoms with Crippen molar-refractivity contribution in [2.24, 2.45) is 5.73 Å². The summed E-state index contributed by atoms with van der Waals surface area (Å²) in [5.41, 5.74) is 7.16. The van der Waals surface area contributed by atoms with Crippen LogP contribution in [0.15, 0.2) is 41.0 Å². The molecule has 112 valence electrons. The van der Waals surface area contributed by atoms with E-state index in [0.29, 0.717) is 31.0 Å². The first-order chi connectivity index (χ1) is 10.2. The predicted octanol–water partition coefficient (Wildman–Crippen LogP) is 2.59. The van der Waals surface area contributed by atoms with E-state index < -0.39 is 0 Å². The summed E-state index contributed by atoms with van der Waals surface area (Å²) < 4.78 is 10.5. The van der Waals surface area contributed by atoms with Crippen molar-refractivity contribution in [1.29, 1.82) is 0 Å². The topological polar surface area (TPSA) is 68.7 Å². The van der Waals surface area contributed by atoms with Gasteiger partial charge >= 0.3 is 0 Å². The third-order valence-corrected chi connectivity index (χ3v) is 3.25. The fourth-order valence-electron chi connectivity index (χ4n) is 2.09. The van der Waals surface area contributed by atoms with Crippen LogP contribution < -0.4 is 15.4 Å². The number of anilines is 1. The number of aryl methyl sites for hydroxylation is 1. The molecular weight excluding hydrogens is 268 g/mol. The van der Waals surface area contributed by atoms with Gasteiger partial charge in [-0.25, -0.2) is 0 Å². The lowest BCUT2D eigenvalue weighted by Crippen LogP contribution is -2.33. The summed E-state index contributed by atoms with van der Waals surface area (Å²) in [6.07, 6.45) is 2.23. The summed E-state index contributed by atoms with van der Waals surface area (Å²) in [7, 11) is 1.60. The Balaban J connectivity index is 2.33. The molecule has 2 rings (SSSR count). The average Bonchev–Trinajstić information content (AvgIpc) is 2.94. The summed E-state index contributed by atoms with van der Waals surface area (Å²) in [6.45, 7) is 2.90. The Labute approximate surface area is 124 Å². The van der Waals surface area contributed by atoms with Crippen LogP contribution in [0.25, 0.3) is 0 Å². The molecule has 0 atom stereocenters. The molecule has 1 amide bonds. The number of methoxy groups -OCH3 is 1. The Morgan fingerprint density at radius 3 is 2.81 bits per heavy atom. The van der Waals surface area contributed by atoms with E-state index in [2.05, 4.69) is 0 Å². The van der Waals surface area contributed by atoms with Crippen LogP contribution in [0.5, 0.6) is 5.75 Å². The highest BCUT2D eigenvalue weighted by Crippen LogP contribution is 2.24. The third-order valence-electron chi connectivity index (χ3n) is 3.25. The van der Waals surface area contributed by atoms with Gasteiger partial charge in [0.15, 0.2) is 5.76 Å². The molecule has 0 saturated carbocycles. The molecule has 0 fully saturated rings. The molecule has 0 saturated heterocycles. The Bertz CT molecular complexity index is 607. The smallest absolute Gasteiger partial charge is 0.294 e. The molecule has 21 heavy (non-hydrogen) atoms. The van der Waals surface area contributed by atoms with Crippen molar-refractivity contribution in [1.82, 2.24) is 0 Å². The zero-order valence-electron chi connectivity index (χ0n) is 12.3. The molecular formula is C16H20N2O3. The maximum atomic E-state index is 12.7. The lowest BCUT2D eigenvalue weighted by molar-refractivity contribution is 0.0959. The van der Waals surface area contributed by atoms with Crippen LogP contribution in [-0.2, 0) is 0 Å². The maximum Gasteiger partial charge on any atom is 0.294 e. The predicted molar refractivity (Wildman–Crippen MR) is 81.8 cm³/mol. The molecule has 2 aromatic rings. The van der Waals surface area contributed by atoms with Gasteiger partial charge in [0.2, 0.25) is 0 Å². The van der Waals surface area contributed by atoms with Gasteiger partial charge in [0.1, 0.15) is 5.75 Å². The fourth-order valence-corrected chi connectivity index (χ4v) is 2.09. The molecule has 0 unspecified atom stereocenters. The first-order valence-corrected chi connectivity index (χ1v) is 6.87. The van der Waals surface area contributed by atoms with Crippen LogP contribution in [0.4, 0.5) is 5.69 Å². The van der Waals surface area contributed by atoms with Crippen LogP contribution >= 0.6 is 0 Å². The molecule has 0 radical (unpaired) electrons. The van der Waals surface area contributed by atoms with Gasteiger partial charge < -0.3 is 19.8 Å². The molecule has 5 nitrogen and oxygen atoms in total.